The van der Waals surface area contributed by atoms with E-state index in [4.69, 9.17) is 51.8 Å². The maximum absolute atomic E-state index is 12.4. The third-order valence-electron chi connectivity index (χ3n) is 4.23. The Labute approximate surface area is 207 Å². The van der Waals surface area contributed by atoms with Gasteiger partial charge < -0.3 is 20.7 Å². The number of ether oxygens (including phenoxy) is 1. The summed E-state index contributed by atoms with van der Waals surface area (Å²) in [6.45, 7) is 2.41. The lowest BCUT2D eigenvalue weighted by Crippen LogP contribution is -2.56. The van der Waals surface area contributed by atoms with Crippen LogP contribution in [0.5, 0.6) is 0 Å². The molecule has 0 aliphatic heterocycles. The second-order valence-corrected chi connectivity index (χ2v) is 9.65. The summed E-state index contributed by atoms with van der Waals surface area (Å²) in [5, 5.41) is 8.48. The van der Waals surface area contributed by atoms with E-state index in [2.05, 4.69) is 16.0 Å². The van der Waals surface area contributed by atoms with Gasteiger partial charge in [-0.25, -0.2) is 4.79 Å². The zero-order valence-corrected chi connectivity index (χ0v) is 20.5. The van der Waals surface area contributed by atoms with E-state index in [1.807, 2.05) is 37.3 Å². The van der Waals surface area contributed by atoms with Gasteiger partial charge in [0.05, 0.1) is 18.6 Å². The fourth-order valence-electron chi connectivity index (χ4n) is 2.57. The highest BCUT2D eigenvalue weighted by atomic mass is 35.6. The van der Waals surface area contributed by atoms with Crippen LogP contribution >= 0.6 is 47.0 Å². The molecule has 2 aromatic carbocycles. The minimum Gasteiger partial charge on any atom is -0.462 e. The number of hydrogen-bond donors (Lipinski definition) is 3. The molecule has 32 heavy (non-hydrogen) atoms. The standard InChI is InChI=1S/C22H24Cl3N3O3S/c1-2-3-13-31-19(30)16-9-11-17(12-10-16)26-21(32)28-20(22(23,24)25)27-18(29)14-15-7-5-4-6-8-15/h4-12,20H,2-3,13-14H2,1H3,(H,27,29)(H2,26,28,32)/t20-/m0/s1. The Morgan fingerprint density at radius 2 is 1.69 bits per heavy atom. The Morgan fingerprint density at radius 3 is 2.28 bits per heavy atom. The number of alkyl halides is 3. The van der Waals surface area contributed by atoms with Crippen molar-refractivity contribution >= 4 is 69.7 Å². The Bertz CT molecular complexity index is 906. The molecule has 0 spiro atoms. The van der Waals surface area contributed by atoms with E-state index in [0.717, 1.165) is 18.4 Å². The van der Waals surface area contributed by atoms with Gasteiger partial charge in [0.15, 0.2) is 5.11 Å². The minimum atomic E-state index is -1.86. The monoisotopic (exact) mass is 515 g/mol. The molecule has 0 aliphatic rings. The predicted octanol–water partition coefficient (Wildman–Crippen LogP) is 4.99. The quantitative estimate of drug-likeness (QED) is 0.143. The first kappa shape index (κ1) is 26.2. The molecule has 2 aromatic rings. The van der Waals surface area contributed by atoms with E-state index in [9.17, 15) is 9.59 Å². The summed E-state index contributed by atoms with van der Waals surface area (Å²) >= 11 is 23.3. The van der Waals surface area contributed by atoms with Crippen LogP contribution < -0.4 is 16.0 Å². The second kappa shape index (κ2) is 12.8. The molecule has 0 fully saturated rings. The van der Waals surface area contributed by atoms with Crippen LogP contribution in [0, 0.1) is 0 Å². The highest BCUT2D eigenvalue weighted by Gasteiger charge is 2.34. The highest BCUT2D eigenvalue weighted by molar-refractivity contribution is 7.80. The molecule has 0 unspecified atom stereocenters. The van der Waals surface area contributed by atoms with Crippen molar-refractivity contribution in [1.29, 1.82) is 0 Å². The number of halogens is 3. The maximum Gasteiger partial charge on any atom is 0.338 e. The average Bonchev–Trinajstić information content (AvgIpc) is 2.74. The van der Waals surface area contributed by atoms with Crippen LogP contribution in [0.2, 0.25) is 0 Å². The van der Waals surface area contributed by atoms with E-state index in [1.54, 1.807) is 24.3 Å². The van der Waals surface area contributed by atoms with Gasteiger partial charge in [-0.15, -0.1) is 0 Å². The van der Waals surface area contributed by atoms with Gasteiger partial charge in [0, 0.05) is 5.69 Å². The van der Waals surface area contributed by atoms with Gasteiger partial charge >= 0.3 is 5.97 Å². The molecule has 0 radical (unpaired) electrons. The molecule has 0 aliphatic carbocycles. The number of esters is 1. The SMILES string of the molecule is CCCCOC(=O)c1ccc(NC(=S)N[C@H](NC(=O)Cc2ccccc2)C(Cl)(Cl)Cl)cc1. The first-order valence-corrected chi connectivity index (χ1v) is 11.5. The average molecular weight is 517 g/mol. The van der Waals surface area contributed by atoms with Crippen LogP contribution in [-0.2, 0) is 16.0 Å². The summed E-state index contributed by atoms with van der Waals surface area (Å²) < 4.78 is 3.32. The molecule has 1 atom stereocenters. The van der Waals surface area contributed by atoms with Gasteiger partial charge in [-0.3, -0.25) is 4.79 Å². The van der Waals surface area contributed by atoms with Crippen molar-refractivity contribution in [2.24, 2.45) is 0 Å². The number of unbranched alkanes of at least 4 members (excludes halogenated alkanes) is 1. The summed E-state index contributed by atoms with van der Waals surface area (Å²) in [7, 11) is 0. The maximum atomic E-state index is 12.4. The number of carbonyl (C=O) groups excluding carboxylic acids is 2. The molecule has 1 amide bonds. The highest BCUT2D eigenvalue weighted by Crippen LogP contribution is 2.29. The zero-order valence-electron chi connectivity index (χ0n) is 17.4. The van der Waals surface area contributed by atoms with Crippen LogP contribution in [0.25, 0.3) is 0 Å². The molecule has 10 heteroatoms. The molecule has 0 bridgehead atoms. The van der Waals surface area contributed by atoms with Crippen LogP contribution in [-0.4, -0.2) is 33.6 Å². The lowest BCUT2D eigenvalue weighted by atomic mass is 10.1. The van der Waals surface area contributed by atoms with Crippen molar-refractivity contribution in [2.45, 2.75) is 36.1 Å². The smallest absolute Gasteiger partial charge is 0.338 e. The van der Waals surface area contributed by atoms with Crippen LogP contribution in [0.15, 0.2) is 54.6 Å². The van der Waals surface area contributed by atoms with Crippen molar-refractivity contribution in [2.75, 3.05) is 11.9 Å². The minimum absolute atomic E-state index is 0.121. The number of carbonyl (C=O) groups is 2. The molecule has 0 saturated carbocycles. The summed E-state index contributed by atoms with van der Waals surface area (Å²) in [4.78, 5) is 24.3. The van der Waals surface area contributed by atoms with Crippen molar-refractivity contribution in [3.63, 3.8) is 0 Å². The third kappa shape index (κ3) is 9.20. The van der Waals surface area contributed by atoms with E-state index in [-0.39, 0.29) is 23.4 Å². The molecule has 0 saturated heterocycles. The number of hydrogen-bond acceptors (Lipinski definition) is 4. The normalized spacial score (nSPS) is 11.9. The Kier molecular flexibility index (Phi) is 10.5. The number of thiocarbonyl (C=S) groups is 1. The van der Waals surface area contributed by atoms with Gasteiger partial charge in [-0.2, -0.15) is 0 Å². The van der Waals surface area contributed by atoms with E-state index in [1.165, 1.54) is 0 Å². The first-order valence-electron chi connectivity index (χ1n) is 9.93. The molecule has 3 N–H and O–H groups in total. The summed E-state index contributed by atoms with van der Waals surface area (Å²) in [6.07, 6.45) is 0.812. The molecule has 0 aromatic heterocycles. The number of nitrogens with one attached hydrogen (secondary N) is 3. The molecule has 0 heterocycles. The lowest BCUT2D eigenvalue weighted by molar-refractivity contribution is -0.121. The molecule has 172 valence electrons. The van der Waals surface area contributed by atoms with Crippen LogP contribution in [0.4, 0.5) is 5.69 Å². The molecule has 2 rings (SSSR count). The van der Waals surface area contributed by atoms with E-state index in [0.29, 0.717) is 17.9 Å². The summed E-state index contributed by atoms with van der Waals surface area (Å²) in [5.41, 5.74) is 1.85. The van der Waals surface area contributed by atoms with Crippen molar-refractivity contribution in [3.05, 3.63) is 65.7 Å². The van der Waals surface area contributed by atoms with Crippen molar-refractivity contribution < 1.29 is 14.3 Å². The summed E-state index contributed by atoms with van der Waals surface area (Å²) in [5.74, 6) is -0.725. The fraction of sp³-hybridized carbons (Fsp3) is 0.318. The van der Waals surface area contributed by atoms with Crippen molar-refractivity contribution in [1.82, 2.24) is 10.6 Å². The third-order valence-corrected chi connectivity index (χ3v) is 5.10. The Morgan fingerprint density at radius 1 is 1.03 bits per heavy atom. The fourth-order valence-corrected chi connectivity index (χ4v) is 3.14. The van der Waals surface area contributed by atoms with Gasteiger partial charge in [0.25, 0.3) is 0 Å². The lowest BCUT2D eigenvalue weighted by Gasteiger charge is -2.27. The molecule has 6 nitrogen and oxygen atoms in total. The zero-order chi connectivity index (χ0) is 23.6. The van der Waals surface area contributed by atoms with E-state index >= 15 is 0 Å². The number of anilines is 1. The van der Waals surface area contributed by atoms with Crippen LogP contribution in [0.3, 0.4) is 0 Å². The van der Waals surface area contributed by atoms with Gasteiger partial charge in [-0.05, 0) is 48.5 Å². The molecular weight excluding hydrogens is 493 g/mol. The predicted molar refractivity (Wildman–Crippen MR) is 133 cm³/mol. The largest absolute Gasteiger partial charge is 0.462 e. The second-order valence-electron chi connectivity index (χ2n) is 6.87. The van der Waals surface area contributed by atoms with Gasteiger partial charge in [-0.1, -0.05) is 78.5 Å². The number of rotatable bonds is 9. The van der Waals surface area contributed by atoms with Crippen molar-refractivity contribution in [3.8, 4) is 0 Å². The number of amides is 1. The van der Waals surface area contributed by atoms with E-state index < -0.39 is 9.96 Å². The first-order chi connectivity index (χ1) is 15.2. The Balaban J connectivity index is 1.92. The summed E-state index contributed by atoms with van der Waals surface area (Å²) in [6, 6.07) is 15.8. The number of benzene rings is 2. The van der Waals surface area contributed by atoms with Gasteiger partial charge in [0.2, 0.25) is 9.70 Å². The Hall–Kier alpha value is -2.06. The van der Waals surface area contributed by atoms with Crippen LogP contribution in [0.1, 0.15) is 35.7 Å². The molecular formula is C22H24Cl3N3O3S. The topological polar surface area (TPSA) is 79.5 Å². The van der Waals surface area contributed by atoms with Gasteiger partial charge in [0.1, 0.15) is 6.17 Å².